The Labute approximate surface area is 90.8 Å². The fourth-order valence-corrected chi connectivity index (χ4v) is 1.63. The SMILES string of the molecule is CCCC(C)CCC=CCC(C)CC. The van der Waals surface area contributed by atoms with E-state index in [0.29, 0.717) is 0 Å². The van der Waals surface area contributed by atoms with Crippen molar-refractivity contribution in [3.05, 3.63) is 12.2 Å². The van der Waals surface area contributed by atoms with E-state index in [9.17, 15) is 0 Å². The molecule has 0 aromatic rings. The molecule has 0 amide bonds. The highest BCUT2D eigenvalue weighted by Crippen LogP contribution is 2.13. The molecule has 0 aromatic heterocycles. The minimum Gasteiger partial charge on any atom is -0.0885 e. The second-order valence-corrected chi connectivity index (χ2v) is 4.69. The zero-order valence-corrected chi connectivity index (χ0v) is 10.6. The highest BCUT2D eigenvalue weighted by Gasteiger charge is 1.98. The van der Waals surface area contributed by atoms with Gasteiger partial charge in [-0.1, -0.05) is 59.1 Å². The van der Waals surface area contributed by atoms with Crippen LogP contribution in [0.5, 0.6) is 0 Å². The molecular formula is C14H28. The van der Waals surface area contributed by atoms with Crippen LogP contribution in [0.4, 0.5) is 0 Å². The molecule has 84 valence electrons. The maximum Gasteiger partial charge on any atom is -0.0325 e. The third-order valence-electron chi connectivity index (χ3n) is 3.01. The van der Waals surface area contributed by atoms with E-state index in [0.717, 1.165) is 11.8 Å². The topological polar surface area (TPSA) is 0 Å². The van der Waals surface area contributed by atoms with Crippen molar-refractivity contribution in [2.24, 2.45) is 11.8 Å². The number of rotatable bonds is 8. The maximum atomic E-state index is 2.37. The van der Waals surface area contributed by atoms with Crippen molar-refractivity contribution >= 4 is 0 Å². The zero-order valence-electron chi connectivity index (χ0n) is 10.6. The van der Waals surface area contributed by atoms with Gasteiger partial charge in [-0.2, -0.15) is 0 Å². The van der Waals surface area contributed by atoms with Crippen LogP contribution in [-0.2, 0) is 0 Å². The van der Waals surface area contributed by atoms with Crippen molar-refractivity contribution in [1.29, 1.82) is 0 Å². The Morgan fingerprint density at radius 1 is 0.929 bits per heavy atom. The van der Waals surface area contributed by atoms with Gasteiger partial charge < -0.3 is 0 Å². The Morgan fingerprint density at radius 3 is 2.21 bits per heavy atom. The Hall–Kier alpha value is -0.260. The third-order valence-corrected chi connectivity index (χ3v) is 3.01. The highest BCUT2D eigenvalue weighted by molar-refractivity contribution is 4.83. The van der Waals surface area contributed by atoms with E-state index >= 15 is 0 Å². The van der Waals surface area contributed by atoms with Gasteiger partial charge in [0.05, 0.1) is 0 Å². The predicted octanol–water partition coefficient (Wildman–Crippen LogP) is 5.20. The van der Waals surface area contributed by atoms with Crippen LogP contribution in [0.1, 0.15) is 66.2 Å². The fourth-order valence-electron chi connectivity index (χ4n) is 1.63. The molecule has 0 fully saturated rings. The standard InChI is InChI=1S/C14H28/c1-5-10-14(4)12-9-7-8-11-13(3)6-2/h7-8,13-14H,5-6,9-12H2,1-4H3. The zero-order chi connectivity index (χ0) is 10.8. The van der Waals surface area contributed by atoms with E-state index in [-0.39, 0.29) is 0 Å². The van der Waals surface area contributed by atoms with Crippen LogP contribution in [0.15, 0.2) is 12.2 Å². The fraction of sp³-hybridized carbons (Fsp3) is 0.857. The van der Waals surface area contributed by atoms with Gasteiger partial charge >= 0.3 is 0 Å². The first kappa shape index (κ1) is 13.7. The third kappa shape index (κ3) is 8.34. The van der Waals surface area contributed by atoms with Crippen LogP contribution < -0.4 is 0 Å². The van der Waals surface area contributed by atoms with Crippen LogP contribution in [0, 0.1) is 11.8 Å². The summed E-state index contributed by atoms with van der Waals surface area (Å²) < 4.78 is 0. The van der Waals surface area contributed by atoms with Crippen molar-refractivity contribution in [2.45, 2.75) is 66.2 Å². The molecule has 0 aromatic carbocycles. The first-order valence-corrected chi connectivity index (χ1v) is 6.35. The Balaban J connectivity index is 3.34. The van der Waals surface area contributed by atoms with E-state index in [4.69, 9.17) is 0 Å². The largest absolute Gasteiger partial charge is 0.0885 e. The highest BCUT2D eigenvalue weighted by atomic mass is 14.0. The van der Waals surface area contributed by atoms with Gasteiger partial charge in [0, 0.05) is 0 Å². The van der Waals surface area contributed by atoms with Crippen LogP contribution in [-0.4, -0.2) is 0 Å². The Morgan fingerprint density at radius 2 is 1.64 bits per heavy atom. The molecule has 0 radical (unpaired) electrons. The molecule has 0 nitrogen and oxygen atoms in total. The predicted molar refractivity (Wildman–Crippen MR) is 66.5 cm³/mol. The van der Waals surface area contributed by atoms with E-state index in [2.05, 4.69) is 39.8 Å². The molecule has 2 atom stereocenters. The monoisotopic (exact) mass is 196 g/mol. The average molecular weight is 196 g/mol. The number of hydrogen-bond donors (Lipinski definition) is 0. The van der Waals surface area contributed by atoms with Gasteiger partial charge in [-0.3, -0.25) is 0 Å². The first-order chi connectivity index (χ1) is 6.70. The molecule has 0 saturated carbocycles. The molecule has 0 aliphatic carbocycles. The van der Waals surface area contributed by atoms with Gasteiger partial charge in [-0.15, -0.1) is 0 Å². The summed E-state index contributed by atoms with van der Waals surface area (Å²) in [4.78, 5) is 0. The van der Waals surface area contributed by atoms with Crippen molar-refractivity contribution < 1.29 is 0 Å². The molecule has 0 saturated heterocycles. The van der Waals surface area contributed by atoms with Gasteiger partial charge in [-0.25, -0.2) is 0 Å². The lowest BCUT2D eigenvalue weighted by atomic mass is 9.99. The number of allylic oxidation sites excluding steroid dienone is 2. The average Bonchev–Trinajstić information content (AvgIpc) is 2.17. The normalized spacial score (nSPS) is 16.0. The van der Waals surface area contributed by atoms with Crippen LogP contribution in [0.25, 0.3) is 0 Å². The molecule has 14 heavy (non-hydrogen) atoms. The van der Waals surface area contributed by atoms with Gasteiger partial charge in [0.15, 0.2) is 0 Å². The minimum atomic E-state index is 0.860. The summed E-state index contributed by atoms with van der Waals surface area (Å²) in [6.07, 6.45) is 12.7. The van der Waals surface area contributed by atoms with Crippen LogP contribution >= 0.6 is 0 Å². The lowest BCUT2D eigenvalue weighted by molar-refractivity contribution is 0.490. The van der Waals surface area contributed by atoms with Gasteiger partial charge in [-0.05, 0) is 31.1 Å². The molecule has 0 heteroatoms. The van der Waals surface area contributed by atoms with E-state index < -0.39 is 0 Å². The summed E-state index contributed by atoms with van der Waals surface area (Å²) >= 11 is 0. The van der Waals surface area contributed by atoms with Crippen molar-refractivity contribution in [2.75, 3.05) is 0 Å². The molecule has 0 N–H and O–H groups in total. The maximum absolute atomic E-state index is 2.37. The molecule has 0 bridgehead atoms. The summed E-state index contributed by atoms with van der Waals surface area (Å²) in [5, 5.41) is 0. The lowest BCUT2D eigenvalue weighted by Gasteiger charge is -2.07. The Bertz CT molecular complexity index is 135. The van der Waals surface area contributed by atoms with E-state index in [1.54, 1.807) is 0 Å². The van der Waals surface area contributed by atoms with Crippen LogP contribution in [0.2, 0.25) is 0 Å². The van der Waals surface area contributed by atoms with Gasteiger partial charge in [0.25, 0.3) is 0 Å². The molecule has 0 aliphatic rings. The summed E-state index contributed by atoms with van der Waals surface area (Å²) in [5.74, 6) is 1.77. The summed E-state index contributed by atoms with van der Waals surface area (Å²) in [5.41, 5.74) is 0. The lowest BCUT2D eigenvalue weighted by Crippen LogP contribution is -1.92. The van der Waals surface area contributed by atoms with Gasteiger partial charge in [0.1, 0.15) is 0 Å². The summed E-state index contributed by atoms with van der Waals surface area (Å²) in [6, 6.07) is 0. The minimum absolute atomic E-state index is 0.860. The van der Waals surface area contributed by atoms with Crippen molar-refractivity contribution in [3.63, 3.8) is 0 Å². The summed E-state index contributed by atoms with van der Waals surface area (Å²) in [6.45, 7) is 9.23. The molecular weight excluding hydrogens is 168 g/mol. The smallest absolute Gasteiger partial charge is 0.0325 e. The first-order valence-electron chi connectivity index (χ1n) is 6.35. The summed E-state index contributed by atoms with van der Waals surface area (Å²) in [7, 11) is 0. The molecule has 0 spiro atoms. The molecule has 0 rings (SSSR count). The molecule has 2 unspecified atom stereocenters. The van der Waals surface area contributed by atoms with Crippen LogP contribution in [0.3, 0.4) is 0 Å². The second-order valence-electron chi connectivity index (χ2n) is 4.69. The number of hydrogen-bond acceptors (Lipinski definition) is 0. The quantitative estimate of drug-likeness (QED) is 0.468. The molecule has 0 aliphatic heterocycles. The van der Waals surface area contributed by atoms with Crippen molar-refractivity contribution in [3.8, 4) is 0 Å². The Kier molecular flexibility index (Phi) is 9.13. The van der Waals surface area contributed by atoms with Gasteiger partial charge in [0.2, 0.25) is 0 Å². The second kappa shape index (κ2) is 9.30. The van der Waals surface area contributed by atoms with E-state index in [1.807, 2.05) is 0 Å². The molecule has 0 heterocycles. The van der Waals surface area contributed by atoms with E-state index in [1.165, 1.54) is 38.5 Å². The van der Waals surface area contributed by atoms with Crippen molar-refractivity contribution in [1.82, 2.24) is 0 Å².